The van der Waals surface area contributed by atoms with Crippen molar-refractivity contribution in [3.05, 3.63) is 0 Å². The number of rotatable bonds is 4. The van der Waals surface area contributed by atoms with E-state index in [1.165, 1.54) is 25.7 Å². The molecule has 0 saturated carbocycles. The quantitative estimate of drug-likeness (QED) is 0.793. The maximum Gasteiger partial charge on any atom is 0.239 e. The van der Waals surface area contributed by atoms with Crippen molar-refractivity contribution < 1.29 is 9.53 Å². The Hall–Kier alpha value is -0.610. The molecule has 2 atom stereocenters. The molecule has 20 heavy (non-hydrogen) atoms. The highest BCUT2D eigenvalue weighted by molar-refractivity contribution is 5.81. The van der Waals surface area contributed by atoms with E-state index in [4.69, 9.17) is 4.74 Å². The Labute approximate surface area is 123 Å². The van der Waals surface area contributed by atoms with Gasteiger partial charge in [0.2, 0.25) is 5.91 Å². The monoisotopic (exact) mass is 282 g/mol. The van der Waals surface area contributed by atoms with Crippen molar-refractivity contribution in [2.45, 2.75) is 64.5 Å². The number of ether oxygens (including phenoxy) is 1. The zero-order valence-corrected chi connectivity index (χ0v) is 13.1. The molecule has 116 valence electrons. The standard InChI is InChI=1S/C16H30N2O2/c1-3-20-15-9-8-12-18(13-15)14(2)16(19)17-10-6-4-5-7-11-17/h14-15H,3-13H2,1-2H3/t14-,15+/m0/s1. The first kappa shape index (κ1) is 15.8. The van der Waals surface area contributed by atoms with Gasteiger partial charge in [0.15, 0.2) is 0 Å². The lowest BCUT2D eigenvalue weighted by Crippen LogP contribution is -2.52. The van der Waals surface area contributed by atoms with E-state index in [-0.39, 0.29) is 6.04 Å². The largest absolute Gasteiger partial charge is 0.377 e. The maximum absolute atomic E-state index is 12.7. The van der Waals surface area contributed by atoms with Gasteiger partial charge in [0.1, 0.15) is 0 Å². The van der Waals surface area contributed by atoms with Gasteiger partial charge in [-0.2, -0.15) is 0 Å². The minimum atomic E-state index is 0.0105. The lowest BCUT2D eigenvalue weighted by Gasteiger charge is -2.37. The first-order valence-electron chi connectivity index (χ1n) is 8.36. The van der Waals surface area contributed by atoms with Gasteiger partial charge in [-0.25, -0.2) is 0 Å². The minimum Gasteiger partial charge on any atom is -0.377 e. The van der Waals surface area contributed by atoms with Gasteiger partial charge in [0, 0.05) is 26.2 Å². The molecule has 2 fully saturated rings. The van der Waals surface area contributed by atoms with E-state index in [2.05, 4.69) is 16.7 Å². The third-order valence-corrected chi connectivity index (χ3v) is 4.63. The number of amides is 1. The van der Waals surface area contributed by atoms with E-state index in [0.29, 0.717) is 12.0 Å². The molecular formula is C16H30N2O2. The van der Waals surface area contributed by atoms with Crippen LogP contribution < -0.4 is 0 Å². The van der Waals surface area contributed by atoms with Crippen molar-refractivity contribution >= 4 is 5.91 Å². The van der Waals surface area contributed by atoms with Crippen LogP contribution in [0.3, 0.4) is 0 Å². The van der Waals surface area contributed by atoms with E-state index in [1.54, 1.807) is 0 Å². The molecule has 2 rings (SSSR count). The molecule has 0 aliphatic carbocycles. The highest BCUT2D eigenvalue weighted by Crippen LogP contribution is 2.18. The van der Waals surface area contributed by atoms with Gasteiger partial charge in [-0.05, 0) is 46.1 Å². The number of hydrogen-bond donors (Lipinski definition) is 0. The number of nitrogens with zero attached hydrogens (tertiary/aromatic N) is 2. The molecule has 0 unspecified atom stereocenters. The van der Waals surface area contributed by atoms with Crippen molar-refractivity contribution in [2.24, 2.45) is 0 Å². The number of carbonyl (C=O) groups is 1. The summed E-state index contributed by atoms with van der Waals surface area (Å²) in [6, 6.07) is 0.0105. The summed E-state index contributed by atoms with van der Waals surface area (Å²) in [7, 11) is 0. The van der Waals surface area contributed by atoms with Crippen LogP contribution in [0.4, 0.5) is 0 Å². The fourth-order valence-corrected chi connectivity index (χ4v) is 3.40. The highest BCUT2D eigenvalue weighted by atomic mass is 16.5. The van der Waals surface area contributed by atoms with Gasteiger partial charge >= 0.3 is 0 Å². The van der Waals surface area contributed by atoms with Crippen molar-refractivity contribution in [1.29, 1.82) is 0 Å². The molecule has 0 radical (unpaired) electrons. The first-order chi connectivity index (χ1) is 9.72. The Morgan fingerprint density at radius 1 is 1.15 bits per heavy atom. The Kier molecular flexibility index (Phi) is 6.30. The normalized spacial score (nSPS) is 27.1. The molecule has 2 saturated heterocycles. The fourth-order valence-electron chi connectivity index (χ4n) is 3.40. The van der Waals surface area contributed by atoms with Crippen LogP contribution in [0.2, 0.25) is 0 Å². The second-order valence-electron chi connectivity index (χ2n) is 6.13. The second-order valence-corrected chi connectivity index (χ2v) is 6.13. The molecular weight excluding hydrogens is 252 g/mol. The van der Waals surface area contributed by atoms with Gasteiger partial charge in [-0.3, -0.25) is 9.69 Å². The smallest absolute Gasteiger partial charge is 0.239 e. The predicted octanol–water partition coefficient (Wildman–Crippen LogP) is 2.28. The van der Waals surface area contributed by atoms with Crippen LogP contribution >= 0.6 is 0 Å². The number of hydrogen-bond acceptors (Lipinski definition) is 3. The summed E-state index contributed by atoms with van der Waals surface area (Å²) in [4.78, 5) is 17.1. The van der Waals surface area contributed by atoms with Gasteiger partial charge in [-0.15, -0.1) is 0 Å². The molecule has 4 heteroatoms. The van der Waals surface area contributed by atoms with Crippen LogP contribution in [0.25, 0.3) is 0 Å². The third-order valence-electron chi connectivity index (χ3n) is 4.63. The zero-order valence-electron chi connectivity index (χ0n) is 13.1. The summed E-state index contributed by atoms with van der Waals surface area (Å²) in [6.45, 7) is 8.73. The summed E-state index contributed by atoms with van der Waals surface area (Å²) in [6.07, 6.45) is 7.47. The SMILES string of the molecule is CCO[C@@H]1CCCN([C@@H](C)C(=O)N2CCCCCC2)C1. The molecule has 0 N–H and O–H groups in total. The molecule has 0 bridgehead atoms. The summed E-state index contributed by atoms with van der Waals surface area (Å²) < 4.78 is 5.74. The van der Waals surface area contributed by atoms with Gasteiger partial charge in [0.05, 0.1) is 12.1 Å². The lowest BCUT2D eigenvalue weighted by atomic mass is 10.1. The van der Waals surface area contributed by atoms with Crippen molar-refractivity contribution in [2.75, 3.05) is 32.8 Å². The Balaban J connectivity index is 1.88. The fraction of sp³-hybridized carbons (Fsp3) is 0.938. The first-order valence-corrected chi connectivity index (χ1v) is 8.36. The van der Waals surface area contributed by atoms with Crippen LogP contribution in [0.1, 0.15) is 52.4 Å². The minimum absolute atomic E-state index is 0.0105. The molecule has 2 heterocycles. The average Bonchev–Trinajstić information content (AvgIpc) is 2.75. The van der Waals surface area contributed by atoms with Crippen molar-refractivity contribution in [1.82, 2.24) is 9.80 Å². The van der Waals surface area contributed by atoms with E-state index in [1.807, 2.05) is 6.92 Å². The average molecular weight is 282 g/mol. The summed E-state index contributed by atoms with van der Waals surface area (Å²) in [5.41, 5.74) is 0. The zero-order chi connectivity index (χ0) is 14.4. The Bertz CT molecular complexity index is 299. The van der Waals surface area contributed by atoms with Crippen LogP contribution in [-0.2, 0) is 9.53 Å². The van der Waals surface area contributed by atoms with E-state index >= 15 is 0 Å². The van der Waals surface area contributed by atoms with Gasteiger partial charge < -0.3 is 9.64 Å². The van der Waals surface area contributed by atoms with E-state index < -0.39 is 0 Å². The van der Waals surface area contributed by atoms with Crippen LogP contribution in [0.5, 0.6) is 0 Å². The van der Waals surface area contributed by atoms with Crippen LogP contribution in [-0.4, -0.2) is 60.6 Å². The molecule has 0 aromatic rings. The number of likely N-dealkylation sites (tertiary alicyclic amines) is 2. The molecule has 0 aromatic carbocycles. The van der Waals surface area contributed by atoms with Crippen LogP contribution in [0, 0.1) is 0 Å². The van der Waals surface area contributed by atoms with Gasteiger partial charge in [-0.1, -0.05) is 12.8 Å². The van der Waals surface area contributed by atoms with Crippen LogP contribution in [0.15, 0.2) is 0 Å². The molecule has 1 amide bonds. The summed E-state index contributed by atoms with van der Waals surface area (Å²) >= 11 is 0. The molecule has 0 spiro atoms. The number of carbonyl (C=O) groups excluding carboxylic acids is 1. The summed E-state index contributed by atoms with van der Waals surface area (Å²) in [5, 5.41) is 0. The predicted molar refractivity (Wildman–Crippen MR) is 80.7 cm³/mol. The maximum atomic E-state index is 12.7. The Morgan fingerprint density at radius 2 is 1.85 bits per heavy atom. The van der Waals surface area contributed by atoms with E-state index in [0.717, 1.165) is 45.6 Å². The molecule has 2 aliphatic heterocycles. The third kappa shape index (κ3) is 4.19. The second kappa shape index (κ2) is 7.99. The topological polar surface area (TPSA) is 32.8 Å². The van der Waals surface area contributed by atoms with Crippen molar-refractivity contribution in [3.63, 3.8) is 0 Å². The summed E-state index contributed by atoms with van der Waals surface area (Å²) in [5.74, 6) is 0.323. The lowest BCUT2D eigenvalue weighted by molar-refractivity contribution is -0.137. The van der Waals surface area contributed by atoms with Gasteiger partial charge in [0.25, 0.3) is 0 Å². The van der Waals surface area contributed by atoms with E-state index in [9.17, 15) is 4.79 Å². The Morgan fingerprint density at radius 3 is 2.50 bits per heavy atom. The molecule has 0 aromatic heterocycles. The molecule has 4 nitrogen and oxygen atoms in total. The molecule has 2 aliphatic rings. The number of piperidine rings is 1. The van der Waals surface area contributed by atoms with Crippen molar-refractivity contribution in [3.8, 4) is 0 Å². The highest BCUT2D eigenvalue weighted by Gasteiger charge is 2.30.